The first-order valence-electron chi connectivity index (χ1n) is 21.2. The predicted molar refractivity (Wildman–Crippen MR) is 254 cm³/mol. The van der Waals surface area contributed by atoms with Gasteiger partial charge in [0, 0.05) is 38.5 Å². The van der Waals surface area contributed by atoms with E-state index in [1.54, 1.807) is 0 Å². The largest absolute Gasteiger partial charge is 0.507 e. The van der Waals surface area contributed by atoms with E-state index in [9.17, 15) is 5.11 Å². The van der Waals surface area contributed by atoms with E-state index in [4.69, 9.17) is 9.97 Å². The van der Waals surface area contributed by atoms with Crippen LogP contribution in [0.1, 0.15) is 51.3 Å². The Morgan fingerprint density at radius 2 is 1.26 bits per heavy atom. The zero-order chi connectivity index (χ0) is 42.3. The summed E-state index contributed by atoms with van der Waals surface area (Å²) < 4.78 is 2.26. The SMILES string of the molecule is Cc1cc(C(C)(C)C)cc(-c2nc3c(-c4[c-]c(-c5cc(-c6ccccc6)ccn5)cc(-c5ccccc5)c4)cccc3n2-c2ccc(CC(C)C)cc2-c2ccccc2)c1O.[Pt]. The number of aromatic hydroxyl groups is 1. The van der Waals surface area contributed by atoms with Gasteiger partial charge in [-0.25, -0.2) is 4.98 Å². The van der Waals surface area contributed by atoms with Gasteiger partial charge in [0.15, 0.2) is 0 Å². The van der Waals surface area contributed by atoms with Crippen molar-refractivity contribution in [1.29, 1.82) is 0 Å². The normalized spacial score (nSPS) is 11.5. The quantitative estimate of drug-likeness (QED) is 0.147. The fourth-order valence-corrected chi connectivity index (χ4v) is 8.39. The molecule has 4 nitrogen and oxygen atoms in total. The van der Waals surface area contributed by atoms with E-state index >= 15 is 0 Å². The summed E-state index contributed by atoms with van der Waals surface area (Å²) in [6.45, 7) is 13.1. The average Bonchev–Trinajstić information content (AvgIpc) is 3.67. The van der Waals surface area contributed by atoms with Crippen molar-refractivity contribution in [2.45, 2.75) is 53.4 Å². The minimum absolute atomic E-state index is 0. The number of imidazole rings is 1. The zero-order valence-corrected chi connectivity index (χ0v) is 38.3. The number of rotatable bonds is 9. The van der Waals surface area contributed by atoms with Gasteiger partial charge < -0.3 is 5.11 Å². The van der Waals surface area contributed by atoms with Gasteiger partial charge in [0.05, 0.1) is 22.3 Å². The van der Waals surface area contributed by atoms with Gasteiger partial charge in [-0.15, -0.1) is 23.8 Å². The number of fused-ring (bicyclic) bond motifs is 1. The minimum atomic E-state index is -0.155. The molecule has 1 N–H and O–H groups in total. The molecule has 0 aliphatic rings. The number of para-hydroxylation sites is 1. The van der Waals surface area contributed by atoms with Crippen molar-refractivity contribution in [3.05, 3.63) is 193 Å². The van der Waals surface area contributed by atoms with Gasteiger partial charge in [-0.2, -0.15) is 0 Å². The molecule has 0 aliphatic heterocycles. The molecule has 9 aromatic rings. The average molecular weight is 988 g/mol. The molecule has 310 valence electrons. The molecular weight excluding hydrogens is 938 g/mol. The first-order chi connectivity index (χ1) is 29.5. The maximum Gasteiger partial charge on any atom is 0.148 e. The van der Waals surface area contributed by atoms with E-state index in [0.717, 1.165) is 90.0 Å². The van der Waals surface area contributed by atoms with Crippen LogP contribution < -0.4 is 0 Å². The Labute approximate surface area is 380 Å². The van der Waals surface area contributed by atoms with E-state index in [0.29, 0.717) is 17.3 Å². The third kappa shape index (κ3) is 8.45. The molecule has 2 heterocycles. The minimum Gasteiger partial charge on any atom is -0.507 e. The molecule has 0 saturated carbocycles. The fraction of sp³-hybridized carbons (Fsp3) is 0.158. The van der Waals surface area contributed by atoms with Crippen molar-refractivity contribution in [3.8, 4) is 78.6 Å². The number of phenolic OH excluding ortho intramolecular Hbond substituents is 1. The van der Waals surface area contributed by atoms with Crippen LogP contribution in [0.4, 0.5) is 0 Å². The Hall–Kier alpha value is -6.35. The summed E-state index contributed by atoms with van der Waals surface area (Å²) in [5, 5.41) is 12.0. The maximum atomic E-state index is 12.0. The first-order valence-corrected chi connectivity index (χ1v) is 21.2. The molecule has 9 rings (SSSR count). The van der Waals surface area contributed by atoms with E-state index in [1.807, 2.05) is 25.3 Å². The van der Waals surface area contributed by atoms with Crippen LogP contribution in [0.25, 0.3) is 83.9 Å². The van der Waals surface area contributed by atoms with Crippen LogP contribution in [-0.2, 0) is 32.9 Å². The van der Waals surface area contributed by atoms with E-state index in [1.165, 1.54) is 5.56 Å². The number of nitrogens with zero attached hydrogens (tertiary/aromatic N) is 3. The molecule has 5 heteroatoms. The summed E-state index contributed by atoms with van der Waals surface area (Å²) in [5.74, 6) is 1.42. The number of phenols is 1. The van der Waals surface area contributed by atoms with Crippen LogP contribution in [0.2, 0.25) is 0 Å². The van der Waals surface area contributed by atoms with Crippen LogP contribution in [0.5, 0.6) is 5.75 Å². The second kappa shape index (κ2) is 17.6. The van der Waals surface area contributed by atoms with Gasteiger partial charge in [0.1, 0.15) is 11.6 Å². The molecule has 0 fully saturated rings. The monoisotopic (exact) mass is 987 g/mol. The van der Waals surface area contributed by atoms with Gasteiger partial charge in [0.2, 0.25) is 0 Å². The van der Waals surface area contributed by atoms with Gasteiger partial charge in [0.25, 0.3) is 0 Å². The van der Waals surface area contributed by atoms with Crippen molar-refractivity contribution < 1.29 is 26.2 Å². The predicted octanol–water partition coefficient (Wildman–Crippen LogP) is 14.7. The zero-order valence-electron chi connectivity index (χ0n) is 36.1. The summed E-state index contributed by atoms with van der Waals surface area (Å²) in [6.07, 6.45) is 2.85. The maximum absolute atomic E-state index is 12.0. The number of pyridine rings is 1. The summed E-state index contributed by atoms with van der Waals surface area (Å²) >= 11 is 0. The molecule has 0 unspecified atom stereocenters. The van der Waals surface area contributed by atoms with Gasteiger partial charge in [-0.1, -0.05) is 173 Å². The second-order valence-electron chi connectivity index (χ2n) is 17.6. The van der Waals surface area contributed by atoms with Crippen LogP contribution in [0, 0.1) is 18.9 Å². The summed E-state index contributed by atoms with van der Waals surface area (Å²) in [6, 6.07) is 61.4. The summed E-state index contributed by atoms with van der Waals surface area (Å²) in [5.41, 5.74) is 16.7. The van der Waals surface area contributed by atoms with E-state index in [-0.39, 0.29) is 32.2 Å². The molecular formula is C57H50N3OPt-. The number of hydrogen-bond donors (Lipinski definition) is 1. The molecule has 0 bridgehead atoms. The number of aryl methyl sites for hydroxylation is 1. The fourth-order valence-electron chi connectivity index (χ4n) is 8.39. The molecule has 62 heavy (non-hydrogen) atoms. The molecule has 0 aliphatic carbocycles. The van der Waals surface area contributed by atoms with Gasteiger partial charge in [-0.3, -0.25) is 9.55 Å². The Kier molecular flexibility index (Phi) is 12.0. The van der Waals surface area contributed by atoms with Gasteiger partial charge in [-0.05, 0) is 94.0 Å². The van der Waals surface area contributed by atoms with Crippen molar-refractivity contribution >= 4 is 11.0 Å². The Morgan fingerprint density at radius 1 is 0.613 bits per heavy atom. The number of hydrogen-bond acceptors (Lipinski definition) is 3. The molecule has 7 aromatic carbocycles. The molecule has 2 aromatic heterocycles. The molecule has 0 amide bonds. The van der Waals surface area contributed by atoms with E-state index in [2.05, 4.69) is 197 Å². The van der Waals surface area contributed by atoms with Crippen molar-refractivity contribution in [2.75, 3.05) is 0 Å². The van der Waals surface area contributed by atoms with Crippen molar-refractivity contribution in [1.82, 2.24) is 14.5 Å². The second-order valence-corrected chi connectivity index (χ2v) is 17.6. The standard InChI is InChI=1S/C57H50N3O.Pt/c1-37(2)29-39-25-26-52(49(31-39)42-21-14-9-15-22-42)60-53-24-16-23-48(54(53)59-56(60)50-36-47(57(4,5)6)30-38(3)55(50)61)45-32-44(41-19-12-8-13-20-41)33-46(34-45)51-35-43(27-28-58-51)40-17-10-7-11-18-40;/h7-28,30-33,35-37,61H,29H2,1-6H3;/q-1;. The number of benzene rings is 7. The summed E-state index contributed by atoms with van der Waals surface area (Å²) in [4.78, 5) is 10.5. The summed E-state index contributed by atoms with van der Waals surface area (Å²) in [7, 11) is 0. The topological polar surface area (TPSA) is 50.9 Å². The Balaban J connectivity index is 0.00000529. The smallest absolute Gasteiger partial charge is 0.148 e. The Bertz CT molecular complexity index is 3020. The van der Waals surface area contributed by atoms with Crippen LogP contribution in [-0.4, -0.2) is 19.6 Å². The van der Waals surface area contributed by atoms with Crippen LogP contribution in [0.15, 0.2) is 170 Å². The molecule has 0 atom stereocenters. The van der Waals surface area contributed by atoms with Crippen LogP contribution in [0.3, 0.4) is 0 Å². The third-order valence-electron chi connectivity index (χ3n) is 11.5. The Morgan fingerprint density at radius 3 is 1.92 bits per heavy atom. The molecule has 0 spiro atoms. The van der Waals surface area contributed by atoms with Crippen molar-refractivity contribution in [2.24, 2.45) is 5.92 Å². The molecule has 0 radical (unpaired) electrons. The van der Waals surface area contributed by atoms with E-state index < -0.39 is 0 Å². The molecule has 0 saturated heterocycles. The third-order valence-corrected chi connectivity index (χ3v) is 11.5. The first kappa shape index (κ1) is 42.3. The number of aromatic nitrogens is 3. The van der Waals surface area contributed by atoms with Crippen molar-refractivity contribution in [3.63, 3.8) is 0 Å². The van der Waals surface area contributed by atoms with Crippen LogP contribution >= 0.6 is 0 Å². The van der Waals surface area contributed by atoms with Gasteiger partial charge >= 0.3 is 0 Å².